The first kappa shape index (κ1) is 21.7. The molecule has 0 saturated carbocycles. The van der Waals surface area contributed by atoms with Crippen LogP contribution in [-0.4, -0.2) is 37.0 Å². The number of benzene rings is 2. The maximum atomic E-state index is 13.2. The van der Waals surface area contributed by atoms with Crippen LogP contribution in [0.15, 0.2) is 36.5 Å². The normalized spacial score (nSPS) is 15.1. The van der Waals surface area contributed by atoms with E-state index in [2.05, 4.69) is 42.5 Å². The van der Waals surface area contributed by atoms with Crippen LogP contribution < -0.4 is 19.5 Å². The molecule has 7 heteroatoms. The Kier molecular flexibility index (Phi) is 6.08. The zero-order valence-corrected chi connectivity index (χ0v) is 19.2. The van der Waals surface area contributed by atoms with Crippen LogP contribution in [0.1, 0.15) is 51.6 Å². The van der Waals surface area contributed by atoms with E-state index in [1.54, 1.807) is 19.2 Å². The van der Waals surface area contributed by atoms with Gasteiger partial charge in [-0.1, -0.05) is 6.07 Å². The van der Waals surface area contributed by atoms with E-state index in [1.165, 1.54) is 25.3 Å². The molecule has 1 atom stereocenters. The molecule has 0 unspecified atom stereocenters. The largest absolute Gasteiger partial charge is 0.493 e. The van der Waals surface area contributed by atoms with Crippen LogP contribution in [0.5, 0.6) is 17.2 Å². The summed E-state index contributed by atoms with van der Waals surface area (Å²) in [6.45, 7) is 4.21. The standard InChI is InChI=1S/C25H29N3O4/c1-15-9-10-17(13-16(15)2)28-21-8-6-7-20(19(21)14-26-28)27-25(29)18-11-12-22(30-3)24(32-5)23(18)31-4/h9-14,20H,6-8H2,1-5H3,(H,27,29)/t20-/m1/s1. The number of rotatable bonds is 6. The highest BCUT2D eigenvalue weighted by molar-refractivity contribution is 5.98. The summed E-state index contributed by atoms with van der Waals surface area (Å²) >= 11 is 0. The quantitative estimate of drug-likeness (QED) is 0.624. The van der Waals surface area contributed by atoms with Crippen molar-refractivity contribution in [3.05, 3.63) is 64.5 Å². The predicted molar refractivity (Wildman–Crippen MR) is 122 cm³/mol. The fourth-order valence-electron chi connectivity index (χ4n) is 4.30. The van der Waals surface area contributed by atoms with Gasteiger partial charge >= 0.3 is 0 Å². The molecule has 1 aliphatic rings. The van der Waals surface area contributed by atoms with Crippen LogP contribution in [0.4, 0.5) is 0 Å². The van der Waals surface area contributed by atoms with Crippen LogP contribution in [0.3, 0.4) is 0 Å². The second-order valence-corrected chi connectivity index (χ2v) is 8.03. The van der Waals surface area contributed by atoms with Crippen molar-refractivity contribution in [2.45, 2.75) is 39.2 Å². The second-order valence-electron chi connectivity index (χ2n) is 8.03. The lowest BCUT2D eigenvalue weighted by molar-refractivity contribution is 0.0929. The first-order chi connectivity index (χ1) is 15.5. The van der Waals surface area contributed by atoms with E-state index in [0.717, 1.165) is 36.2 Å². The number of fused-ring (bicyclic) bond motifs is 1. The average Bonchev–Trinajstić information content (AvgIpc) is 3.24. The molecule has 3 aromatic rings. The molecule has 0 spiro atoms. The number of methoxy groups -OCH3 is 3. The number of hydrogen-bond acceptors (Lipinski definition) is 5. The monoisotopic (exact) mass is 435 g/mol. The molecule has 0 radical (unpaired) electrons. The summed E-state index contributed by atoms with van der Waals surface area (Å²) < 4.78 is 18.2. The van der Waals surface area contributed by atoms with Crippen LogP contribution in [0, 0.1) is 13.8 Å². The first-order valence-corrected chi connectivity index (χ1v) is 10.7. The van der Waals surface area contributed by atoms with Crippen LogP contribution >= 0.6 is 0 Å². The van der Waals surface area contributed by atoms with Crippen molar-refractivity contribution >= 4 is 5.91 Å². The zero-order chi connectivity index (χ0) is 22.8. The molecule has 1 heterocycles. The predicted octanol–water partition coefficient (Wildman–Crippen LogP) is 4.32. The summed E-state index contributed by atoms with van der Waals surface area (Å²) in [7, 11) is 4.59. The summed E-state index contributed by atoms with van der Waals surface area (Å²) in [6, 6.07) is 9.64. The van der Waals surface area contributed by atoms with Gasteiger partial charge in [0.25, 0.3) is 5.91 Å². The van der Waals surface area contributed by atoms with Gasteiger partial charge < -0.3 is 19.5 Å². The highest BCUT2D eigenvalue weighted by atomic mass is 16.5. The fraction of sp³-hybridized carbons (Fsp3) is 0.360. The number of nitrogens with one attached hydrogen (secondary N) is 1. The highest BCUT2D eigenvalue weighted by Crippen LogP contribution is 2.40. The molecule has 1 aliphatic carbocycles. The van der Waals surface area contributed by atoms with Gasteiger partial charge in [-0.2, -0.15) is 5.10 Å². The number of carbonyl (C=O) groups is 1. The van der Waals surface area contributed by atoms with Crippen molar-refractivity contribution in [3.8, 4) is 22.9 Å². The second kappa shape index (κ2) is 8.94. The molecule has 0 saturated heterocycles. The molecule has 4 rings (SSSR count). The summed E-state index contributed by atoms with van der Waals surface area (Å²) in [5.41, 5.74) is 6.13. The van der Waals surface area contributed by atoms with Crippen molar-refractivity contribution in [2.24, 2.45) is 0 Å². The van der Waals surface area contributed by atoms with Gasteiger partial charge in [0.05, 0.1) is 44.8 Å². The Morgan fingerprint density at radius 1 is 1.03 bits per heavy atom. The lowest BCUT2D eigenvalue weighted by Crippen LogP contribution is -2.31. The summed E-state index contributed by atoms with van der Waals surface area (Å²) in [5, 5.41) is 7.83. The van der Waals surface area contributed by atoms with Gasteiger partial charge in [-0.3, -0.25) is 4.79 Å². The van der Waals surface area contributed by atoms with Crippen LogP contribution in [0.2, 0.25) is 0 Å². The molecule has 1 aromatic heterocycles. The molecule has 32 heavy (non-hydrogen) atoms. The fourth-order valence-corrected chi connectivity index (χ4v) is 4.30. The molecule has 1 amide bonds. The number of amides is 1. The van der Waals surface area contributed by atoms with E-state index in [9.17, 15) is 4.79 Å². The lowest BCUT2D eigenvalue weighted by atomic mass is 9.92. The van der Waals surface area contributed by atoms with Crippen LogP contribution in [0.25, 0.3) is 5.69 Å². The smallest absolute Gasteiger partial charge is 0.255 e. The van der Waals surface area contributed by atoms with E-state index >= 15 is 0 Å². The molecule has 1 N–H and O–H groups in total. The molecule has 0 fully saturated rings. The Bertz CT molecular complexity index is 1150. The van der Waals surface area contributed by atoms with E-state index < -0.39 is 0 Å². The number of carbonyl (C=O) groups excluding carboxylic acids is 1. The number of hydrogen-bond donors (Lipinski definition) is 1. The minimum atomic E-state index is -0.223. The molecule has 0 bridgehead atoms. The molecular formula is C25H29N3O4. The van der Waals surface area contributed by atoms with Gasteiger partial charge in [-0.05, 0) is 68.5 Å². The zero-order valence-electron chi connectivity index (χ0n) is 19.2. The molecule has 7 nitrogen and oxygen atoms in total. The Hall–Kier alpha value is -3.48. The first-order valence-electron chi connectivity index (χ1n) is 10.7. The summed E-state index contributed by atoms with van der Waals surface area (Å²) in [5.74, 6) is 1.04. The van der Waals surface area contributed by atoms with Crippen molar-refractivity contribution < 1.29 is 19.0 Å². The number of aromatic nitrogens is 2. The third-order valence-electron chi connectivity index (χ3n) is 6.17. The van der Waals surface area contributed by atoms with E-state index in [1.807, 2.05) is 10.9 Å². The van der Waals surface area contributed by atoms with E-state index in [4.69, 9.17) is 14.2 Å². The van der Waals surface area contributed by atoms with E-state index in [-0.39, 0.29) is 11.9 Å². The van der Waals surface area contributed by atoms with Crippen LogP contribution in [-0.2, 0) is 6.42 Å². The van der Waals surface area contributed by atoms with Gasteiger partial charge in [0, 0.05) is 11.3 Å². The maximum Gasteiger partial charge on any atom is 0.255 e. The van der Waals surface area contributed by atoms with Gasteiger partial charge in [-0.15, -0.1) is 0 Å². The van der Waals surface area contributed by atoms with Crippen molar-refractivity contribution in [3.63, 3.8) is 0 Å². The topological polar surface area (TPSA) is 74.6 Å². The van der Waals surface area contributed by atoms with Crippen molar-refractivity contribution in [1.82, 2.24) is 15.1 Å². The lowest BCUT2D eigenvalue weighted by Gasteiger charge is -2.25. The number of nitrogens with zero attached hydrogens (tertiary/aromatic N) is 2. The number of aryl methyl sites for hydroxylation is 2. The van der Waals surface area contributed by atoms with Crippen molar-refractivity contribution in [1.29, 1.82) is 0 Å². The SMILES string of the molecule is COc1ccc(C(=O)N[C@@H]2CCCc3c2cnn3-c2ccc(C)c(C)c2)c(OC)c1OC. The van der Waals surface area contributed by atoms with Crippen molar-refractivity contribution in [2.75, 3.05) is 21.3 Å². The summed E-state index contributed by atoms with van der Waals surface area (Å²) in [4.78, 5) is 13.2. The number of ether oxygens (including phenoxy) is 3. The minimum Gasteiger partial charge on any atom is -0.493 e. The Balaban J connectivity index is 1.63. The summed E-state index contributed by atoms with van der Waals surface area (Å²) in [6.07, 6.45) is 4.62. The van der Waals surface area contributed by atoms with Gasteiger partial charge in [0.15, 0.2) is 11.5 Å². The van der Waals surface area contributed by atoms with Gasteiger partial charge in [0.1, 0.15) is 0 Å². The molecule has 0 aliphatic heterocycles. The molecule has 168 valence electrons. The third-order valence-corrected chi connectivity index (χ3v) is 6.17. The van der Waals surface area contributed by atoms with E-state index in [0.29, 0.717) is 22.8 Å². The minimum absolute atomic E-state index is 0.121. The van der Waals surface area contributed by atoms with Gasteiger partial charge in [0.2, 0.25) is 5.75 Å². The average molecular weight is 436 g/mol. The Labute approximate surface area is 188 Å². The maximum absolute atomic E-state index is 13.2. The molecular weight excluding hydrogens is 406 g/mol. The highest BCUT2D eigenvalue weighted by Gasteiger charge is 2.28. The van der Waals surface area contributed by atoms with Gasteiger partial charge in [-0.25, -0.2) is 4.68 Å². The Morgan fingerprint density at radius 3 is 2.50 bits per heavy atom. The third kappa shape index (κ3) is 3.79. The Morgan fingerprint density at radius 2 is 1.81 bits per heavy atom. The molecule has 2 aromatic carbocycles.